The van der Waals surface area contributed by atoms with E-state index in [0.29, 0.717) is 24.9 Å². The van der Waals surface area contributed by atoms with Crippen LogP contribution in [-0.2, 0) is 17.9 Å². The number of hydrogen-bond donors (Lipinski definition) is 1. The van der Waals surface area contributed by atoms with E-state index in [0.717, 1.165) is 31.6 Å². The first-order valence-electron chi connectivity index (χ1n) is 8.30. The number of aromatic nitrogens is 2. The highest BCUT2D eigenvalue weighted by Gasteiger charge is 2.14. The molecule has 2 heterocycles. The number of nitrogens with two attached hydrogens (primary N) is 1. The number of nitrogen functional groups attached to an aromatic ring is 1. The second kappa shape index (κ2) is 8.04. The number of hydrogen-bond acceptors (Lipinski definition) is 5. The van der Waals surface area contributed by atoms with E-state index in [2.05, 4.69) is 33.1 Å². The van der Waals surface area contributed by atoms with Gasteiger partial charge < -0.3 is 10.5 Å². The minimum absolute atomic E-state index is 0.587. The summed E-state index contributed by atoms with van der Waals surface area (Å²) < 4.78 is 5.82. The first-order valence-corrected chi connectivity index (χ1v) is 8.30. The third kappa shape index (κ3) is 4.63. The number of benzene rings is 1. The zero-order valence-corrected chi connectivity index (χ0v) is 14.1. The Kier molecular flexibility index (Phi) is 5.56. The topological polar surface area (TPSA) is 64.3 Å². The monoisotopic (exact) mass is 324 g/mol. The van der Waals surface area contributed by atoms with Crippen molar-refractivity contribution in [1.82, 2.24) is 14.9 Å². The highest BCUT2D eigenvalue weighted by atomic mass is 16.5. The van der Waals surface area contributed by atoms with E-state index in [1.807, 2.05) is 31.3 Å². The lowest BCUT2D eigenvalue weighted by atomic mass is 10.1. The van der Waals surface area contributed by atoms with E-state index in [-0.39, 0.29) is 0 Å². The molecule has 0 unspecified atom stereocenters. The largest absolute Gasteiger partial charge is 0.383 e. The quantitative estimate of drug-likeness (QED) is 0.828. The molecule has 5 nitrogen and oxygen atoms in total. The smallest absolute Gasteiger partial charge is 0.131 e. The normalized spacial score (nSPS) is 15.3. The van der Waals surface area contributed by atoms with E-state index in [1.54, 1.807) is 0 Å². The van der Waals surface area contributed by atoms with Gasteiger partial charge in [0.25, 0.3) is 0 Å². The molecule has 0 bridgehead atoms. The Labute approximate surface area is 143 Å². The third-order valence-corrected chi connectivity index (χ3v) is 4.20. The van der Waals surface area contributed by atoms with Crippen molar-refractivity contribution >= 4 is 5.82 Å². The Balaban J connectivity index is 1.45. The molecule has 0 spiro atoms. The SMILES string of the molecule is Cc1ncc(CN2CC=C(COCc3ccccc3)CC2)c(N)n1. The first kappa shape index (κ1) is 16.6. The van der Waals surface area contributed by atoms with Crippen LogP contribution >= 0.6 is 0 Å². The van der Waals surface area contributed by atoms with Crippen molar-refractivity contribution in [2.75, 3.05) is 25.4 Å². The average molecular weight is 324 g/mol. The molecule has 0 fully saturated rings. The highest BCUT2D eigenvalue weighted by Crippen LogP contribution is 2.16. The molecule has 0 saturated heterocycles. The maximum Gasteiger partial charge on any atom is 0.131 e. The van der Waals surface area contributed by atoms with Gasteiger partial charge in [-0.05, 0) is 24.5 Å². The van der Waals surface area contributed by atoms with E-state index in [4.69, 9.17) is 10.5 Å². The lowest BCUT2D eigenvalue weighted by Gasteiger charge is -2.26. The van der Waals surface area contributed by atoms with Crippen LogP contribution in [-0.4, -0.2) is 34.6 Å². The summed E-state index contributed by atoms with van der Waals surface area (Å²) >= 11 is 0. The van der Waals surface area contributed by atoms with Gasteiger partial charge in [-0.25, -0.2) is 9.97 Å². The van der Waals surface area contributed by atoms with Crippen molar-refractivity contribution in [2.24, 2.45) is 0 Å². The fraction of sp³-hybridized carbons (Fsp3) is 0.368. The van der Waals surface area contributed by atoms with Crippen LogP contribution in [0.1, 0.15) is 23.4 Å². The fourth-order valence-corrected chi connectivity index (χ4v) is 2.78. The molecule has 0 radical (unpaired) electrons. The third-order valence-electron chi connectivity index (χ3n) is 4.20. The summed E-state index contributed by atoms with van der Waals surface area (Å²) in [7, 11) is 0. The number of aryl methyl sites for hydroxylation is 1. The van der Waals surface area contributed by atoms with Crippen LogP contribution in [0.15, 0.2) is 48.2 Å². The molecule has 5 heteroatoms. The average Bonchev–Trinajstić information content (AvgIpc) is 2.60. The molecule has 126 valence electrons. The molecule has 1 aromatic heterocycles. The van der Waals surface area contributed by atoms with Gasteiger partial charge in [-0.3, -0.25) is 4.90 Å². The standard InChI is InChI=1S/C19H24N4O/c1-15-21-11-18(19(20)22-15)12-23-9-7-17(8-10-23)14-24-13-16-5-3-2-4-6-16/h2-7,11H,8-10,12-14H2,1H3,(H2,20,21,22). The summed E-state index contributed by atoms with van der Waals surface area (Å²) in [6, 6.07) is 10.3. The van der Waals surface area contributed by atoms with Gasteiger partial charge in [0.1, 0.15) is 11.6 Å². The molecular formula is C19H24N4O. The molecule has 2 N–H and O–H groups in total. The Hall–Kier alpha value is -2.24. The van der Waals surface area contributed by atoms with Gasteiger partial charge in [-0.15, -0.1) is 0 Å². The van der Waals surface area contributed by atoms with Gasteiger partial charge in [-0.1, -0.05) is 36.4 Å². The zero-order valence-electron chi connectivity index (χ0n) is 14.1. The predicted molar refractivity (Wildman–Crippen MR) is 95.3 cm³/mol. The van der Waals surface area contributed by atoms with E-state index in [9.17, 15) is 0 Å². The highest BCUT2D eigenvalue weighted by molar-refractivity contribution is 5.37. The summed E-state index contributed by atoms with van der Waals surface area (Å²) in [5, 5.41) is 0. The molecule has 0 saturated carbocycles. The predicted octanol–water partition coefficient (Wildman–Crippen LogP) is 2.72. The molecule has 0 atom stereocenters. The van der Waals surface area contributed by atoms with Gasteiger partial charge in [0.2, 0.25) is 0 Å². The zero-order chi connectivity index (χ0) is 16.8. The second-order valence-electron chi connectivity index (χ2n) is 6.15. The Morgan fingerprint density at radius 2 is 2.04 bits per heavy atom. The van der Waals surface area contributed by atoms with Crippen LogP contribution in [0.5, 0.6) is 0 Å². The lowest BCUT2D eigenvalue weighted by Crippen LogP contribution is -2.29. The van der Waals surface area contributed by atoms with Gasteiger partial charge >= 0.3 is 0 Å². The van der Waals surface area contributed by atoms with Crippen molar-refractivity contribution in [3.8, 4) is 0 Å². The molecule has 3 rings (SSSR count). The minimum Gasteiger partial charge on any atom is -0.383 e. The molecular weight excluding hydrogens is 300 g/mol. The summed E-state index contributed by atoms with van der Waals surface area (Å²) in [6.45, 7) is 5.94. The van der Waals surface area contributed by atoms with E-state index in [1.165, 1.54) is 11.1 Å². The summed E-state index contributed by atoms with van der Waals surface area (Å²) in [4.78, 5) is 10.8. The molecule has 1 aromatic carbocycles. The number of anilines is 1. The maximum absolute atomic E-state index is 5.97. The van der Waals surface area contributed by atoms with Gasteiger partial charge in [-0.2, -0.15) is 0 Å². The molecule has 0 amide bonds. The van der Waals surface area contributed by atoms with E-state index >= 15 is 0 Å². The summed E-state index contributed by atoms with van der Waals surface area (Å²) in [5.74, 6) is 1.30. The maximum atomic E-state index is 5.97. The second-order valence-corrected chi connectivity index (χ2v) is 6.15. The van der Waals surface area contributed by atoms with Crippen LogP contribution in [0.25, 0.3) is 0 Å². The van der Waals surface area contributed by atoms with Crippen LogP contribution < -0.4 is 5.73 Å². The lowest BCUT2D eigenvalue weighted by molar-refractivity contribution is 0.136. The van der Waals surface area contributed by atoms with Crippen molar-refractivity contribution in [2.45, 2.75) is 26.5 Å². The molecule has 1 aliphatic rings. The van der Waals surface area contributed by atoms with Crippen molar-refractivity contribution in [1.29, 1.82) is 0 Å². The minimum atomic E-state index is 0.587. The van der Waals surface area contributed by atoms with Crippen LogP contribution in [0.2, 0.25) is 0 Å². The van der Waals surface area contributed by atoms with Crippen molar-refractivity contribution in [3.63, 3.8) is 0 Å². The molecule has 24 heavy (non-hydrogen) atoms. The summed E-state index contributed by atoms with van der Waals surface area (Å²) in [5.41, 5.74) is 9.56. The number of rotatable bonds is 6. The fourth-order valence-electron chi connectivity index (χ4n) is 2.78. The van der Waals surface area contributed by atoms with Crippen molar-refractivity contribution < 1.29 is 4.74 Å². The number of nitrogens with zero attached hydrogens (tertiary/aromatic N) is 3. The van der Waals surface area contributed by atoms with Crippen LogP contribution in [0, 0.1) is 6.92 Å². The first-order chi connectivity index (χ1) is 11.7. The van der Waals surface area contributed by atoms with E-state index < -0.39 is 0 Å². The molecule has 0 aliphatic carbocycles. The number of ether oxygens (including phenoxy) is 1. The Morgan fingerprint density at radius 1 is 1.21 bits per heavy atom. The van der Waals surface area contributed by atoms with Crippen LogP contribution in [0.4, 0.5) is 5.82 Å². The van der Waals surface area contributed by atoms with Gasteiger partial charge in [0.05, 0.1) is 13.2 Å². The summed E-state index contributed by atoms with van der Waals surface area (Å²) in [6.07, 6.45) is 5.13. The van der Waals surface area contributed by atoms with Crippen molar-refractivity contribution in [3.05, 3.63) is 65.1 Å². The Morgan fingerprint density at radius 3 is 2.75 bits per heavy atom. The molecule has 1 aliphatic heterocycles. The Bertz CT molecular complexity index is 700. The van der Waals surface area contributed by atoms with Gasteiger partial charge in [0.15, 0.2) is 0 Å². The van der Waals surface area contributed by atoms with Gasteiger partial charge in [0, 0.05) is 31.4 Å². The van der Waals surface area contributed by atoms with Crippen LogP contribution in [0.3, 0.4) is 0 Å². The molecule has 2 aromatic rings.